The zero-order valence-electron chi connectivity index (χ0n) is 10.8. The summed E-state index contributed by atoms with van der Waals surface area (Å²) in [5.74, 6) is 0.397. The Hall–Kier alpha value is -1.68. The highest BCUT2D eigenvalue weighted by Gasteiger charge is 2.11. The fourth-order valence-corrected chi connectivity index (χ4v) is 1.50. The molecule has 4 heteroatoms. The molecule has 96 valence electrons. The standard InChI is InChI=1S/C14H17FN2O/c1-14(2,3)16-9-12-8-13(18-17-12)10-4-6-11(15)7-5-10/h4-8,16H,9H2,1-3H3. The first-order valence-electron chi connectivity index (χ1n) is 5.91. The van der Waals surface area contributed by atoms with Crippen LogP contribution in [0, 0.1) is 5.82 Å². The van der Waals surface area contributed by atoms with E-state index in [1.807, 2.05) is 6.07 Å². The molecule has 0 saturated heterocycles. The molecule has 0 radical (unpaired) electrons. The molecule has 2 aromatic rings. The zero-order chi connectivity index (χ0) is 13.2. The maximum Gasteiger partial charge on any atom is 0.167 e. The minimum atomic E-state index is -0.257. The van der Waals surface area contributed by atoms with Crippen molar-refractivity contribution in [2.24, 2.45) is 0 Å². The fourth-order valence-electron chi connectivity index (χ4n) is 1.50. The summed E-state index contributed by atoms with van der Waals surface area (Å²) >= 11 is 0. The van der Waals surface area contributed by atoms with Crippen LogP contribution < -0.4 is 5.32 Å². The Morgan fingerprint density at radius 3 is 2.50 bits per heavy atom. The minimum Gasteiger partial charge on any atom is -0.356 e. The molecule has 0 amide bonds. The van der Waals surface area contributed by atoms with Crippen LogP contribution >= 0.6 is 0 Å². The molecule has 0 unspecified atom stereocenters. The van der Waals surface area contributed by atoms with Crippen LogP contribution in [-0.4, -0.2) is 10.7 Å². The van der Waals surface area contributed by atoms with Crippen molar-refractivity contribution in [2.45, 2.75) is 32.9 Å². The predicted octanol–water partition coefficient (Wildman–Crippen LogP) is 3.37. The topological polar surface area (TPSA) is 38.1 Å². The second-order valence-corrected chi connectivity index (χ2v) is 5.29. The summed E-state index contributed by atoms with van der Waals surface area (Å²) in [6.07, 6.45) is 0. The average molecular weight is 248 g/mol. The number of nitrogens with one attached hydrogen (secondary N) is 1. The van der Waals surface area contributed by atoms with Gasteiger partial charge in [-0.25, -0.2) is 4.39 Å². The van der Waals surface area contributed by atoms with E-state index in [1.54, 1.807) is 12.1 Å². The highest BCUT2D eigenvalue weighted by Crippen LogP contribution is 2.20. The lowest BCUT2D eigenvalue weighted by Crippen LogP contribution is -2.35. The maximum absolute atomic E-state index is 12.8. The molecule has 0 atom stereocenters. The number of rotatable bonds is 3. The zero-order valence-corrected chi connectivity index (χ0v) is 10.8. The van der Waals surface area contributed by atoms with Crippen molar-refractivity contribution in [3.8, 4) is 11.3 Å². The second-order valence-electron chi connectivity index (χ2n) is 5.29. The molecule has 1 aromatic carbocycles. The smallest absolute Gasteiger partial charge is 0.167 e. The first-order chi connectivity index (χ1) is 8.44. The van der Waals surface area contributed by atoms with Gasteiger partial charge in [0.05, 0.1) is 5.69 Å². The van der Waals surface area contributed by atoms with E-state index in [9.17, 15) is 4.39 Å². The molecular weight excluding hydrogens is 231 g/mol. The molecule has 0 aliphatic rings. The predicted molar refractivity (Wildman–Crippen MR) is 68.5 cm³/mol. The fraction of sp³-hybridized carbons (Fsp3) is 0.357. The average Bonchev–Trinajstić information content (AvgIpc) is 2.75. The minimum absolute atomic E-state index is 0.0367. The van der Waals surface area contributed by atoms with Crippen LogP contribution in [0.3, 0.4) is 0 Å². The van der Waals surface area contributed by atoms with Crippen LogP contribution in [0.1, 0.15) is 26.5 Å². The summed E-state index contributed by atoms with van der Waals surface area (Å²) in [6, 6.07) is 8.04. The summed E-state index contributed by atoms with van der Waals surface area (Å²) in [5, 5.41) is 7.32. The van der Waals surface area contributed by atoms with E-state index in [-0.39, 0.29) is 11.4 Å². The first kappa shape index (κ1) is 12.8. The van der Waals surface area contributed by atoms with Crippen molar-refractivity contribution < 1.29 is 8.91 Å². The summed E-state index contributed by atoms with van der Waals surface area (Å²) in [5.41, 5.74) is 1.70. The van der Waals surface area contributed by atoms with Gasteiger partial charge in [0.1, 0.15) is 5.82 Å². The molecule has 0 spiro atoms. The third-order valence-corrected chi connectivity index (χ3v) is 2.49. The highest BCUT2D eigenvalue weighted by atomic mass is 19.1. The van der Waals surface area contributed by atoms with Crippen molar-refractivity contribution in [1.29, 1.82) is 0 Å². The van der Waals surface area contributed by atoms with Gasteiger partial charge in [-0.2, -0.15) is 0 Å². The third-order valence-electron chi connectivity index (χ3n) is 2.49. The molecule has 3 nitrogen and oxygen atoms in total. The van der Waals surface area contributed by atoms with E-state index in [0.29, 0.717) is 12.3 Å². The van der Waals surface area contributed by atoms with Gasteiger partial charge in [-0.1, -0.05) is 5.16 Å². The van der Waals surface area contributed by atoms with Crippen LogP contribution in [-0.2, 0) is 6.54 Å². The van der Waals surface area contributed by atoms with Gasteiger partial charge in [-0.05, 0) is 45.0 Å². The van der Waals surface area contributed by atoms with Gasteiger partial charge < -0.3 is 9.84 Å². The number of nitrogens with zero attached hydrogens (tertiary/aromatic N) is 1. The SMILES string of the molecule is CC(C)(C)NCc1cc(-c2ccc(F)cc2)on1. The Labute approximate surface area is 106 Å². The molecule has 1 heterocycles. The molecular formula is C14H17FN2O. The van der Waals surface area contributed by atoms with Gasteiger partial charge in [0.25, 0.3) is 0 Å². The number of halogens is 1. The normalized spacial score (nSPS) is 11.8. The maximum atomic E-state index is 12.8. The largest absolute Gasteiger partial charge is 0.356 e. The molecule has 0 fully saturated rings. The molecule has 0 bridgehead atoms. The van der Waals surface area contributed by atoms with Crippen molar-refractivity contribution in [1.82, 2.24) is 10.5 Å². The summed E-state index contributed by atoms with van der Waals surface area (Å²) in [7, 11) is 0. The van der Waals surface area contributed by atoms with E-state index in [1.165, 1.54) is 12.1 Å². The Kier molecular flexibility index (Phi) is 3.48. The van der Waals surface area contributed by atoms with Gasteiger partial charge in [0.15, 0.2) is 5.76 Å². The number of hydrogen-bond acceptors (Lipinski definition) is 3. The van der Waals surface area contributed by atoms with Gasteiger partial charge in [0.2, 0.25) is 0 Å². The molecule has 18 heavy (non-hydrogen) atoms. The Morgan fingerprint density at radius 2 is 1.89 bits per heavy atom. The quantitative estimate of drug-likeness (QED) is 0.905. The Bertz CT molecular complexity index is 511. The molecule has 0 aliphatic heterocycles. The van der Waals surface area contributed by atoms with E-state index < -0.39 is 0 Å². The summed E-state index contributed by atoms with van der Waals surface area (Å²) in [6.45, 7) is 6.92. The van der Waals surface area contributed by atoms with Crippen molar-refractivity contribution in [3.05, 3.63) is 41.8 Å². The van der Waals surface area contributed by atoms with Crippen LogP contribution in [0.5, 0.6) is 0 Å². The lowest BCUT2D eigenvalue weighted by molar-refractivity contribution is 0.392. The van der Waals surface area contributed by atoms with Gasteiger partial charge >= 0.3 is 0 Å². The number of aromatic nitrogens is 1. The van der Waals surface area contributed by atoms with Crippen molar-refractivity contribution >= 4 is 0 Å². The third kappa shape index (κ3) is 3.40. The molecule has 0 aliphatic carbocycles. The van der Waals surface area contributed by atoms with E-state index in [2.05, 4.69) is 31.2 Å². The molecule has 1 N–H and O–H groups in total. The van der Waals surface area contributed by atoms with E-state index in [0.717, 1.165) is 11.3 Å². The van der Waals surface area contributed by atoms with Crippen molar-refractivity contribution in [2.75, 3.05) is 0 Å². The molecule has 0 saturated carbocycles. The molecule has 2 rings (SSSR count). The van der Waals surface area contributed by atoms with E-state index in [4.69, 9.17) is 4.52 Å². The summed E-state index contributed by atoms with van der Waals surface area (Å²) < 4.78 is 18.0. The van der Waals surface area contributed by atoms with Gasteiger partial charge in [-0.15, -0.1) is 0 Å². The van der Waals surface area contributed by atoms with Crippen LogP contribution in [0.15, 0.2) is 34.9 Å². The van der Waals surface area contributed by atoms with E-state index >= 15 is 0 Å². The lowest BCUT2D eigenvalue weighted by Gasteiger charge is -2.19. The first-order valence-corrected chi connectivity index (χ1v) is 5.91. The second kappa shape index (κ2) is 4.90. The Morgan fingerprint density at radius 1 is 1.22 bits per heavy atom. The van der Waals surface area contributed by atoms with Gasteiger partial charge in [-0.3, -0.25) is 0 Å². The number of benzene rings is 1. The van der Waals surface area contributed by atoms with Gasteiger partial charge in [0, 0.05) is 23.7 Å². The van der Waals surface area contributed by atoms with Crippen LogP contribution in [0.4, 0.5) is 4.39 Å². The van der Waals surface area contributed by atoms with Crippen LogP contribution in [0.2, 0.25) is 0 Å². The monoisotopic (exact) mass is 248 g/mol. The number of hydrogen-bond donors (Lipinski definition) is 1. The molecule has 1 aromatic heterocycles. The Balaban J connectivity index is 2.08. The van der Waals surface area contributed by atoms with Crippen LogP contribution in [0.25, 0.3) is 11.3 Å². The lowest BCUT2D eigenvalue weighted by atomic mass is 10.1. The van der Waals surface area contributed by atoms with Crippen molar-refractivity contribution in [3.63, 3.8) is 0 Å². The highest BCUT2D eigenvalue weighted by molar-refractivity contribution is 5.56. The summed E-state index contributed by atoms with van der Waals surface area (Å²) in [4.78, 5) is 0.